The Kier molecular flexibility index (Phi) is 11.8. The van der Waals surface area contributed by atoms with E-state index in [-0.39, 0.29) is 6.61 Å². The van der Waals surface area contributed by atoms with Crippen molar-refractivity contribution in [3.8, 4) is 0 Å². The molecule has 24 heavy (non-hydrogen) atoms. The van der Waals surface area contributed by atoms with E-state index in [2.05, 4.69) is 0 Å². The van der Waals surface area contributed by atoms with Crippen LogP contribution < -0.4 is 5.73 Å². The van der Waals surface area contributed by atoms with E-state index in [9.17, 15) is 15.3 Å². The van der Waals surface area contributed by atoms with Crippen LogP contribution in [-0.4, -0.2) is 64.1 Å². The van der Waals surface area contributed by atoms with Crippen LogP contribution in [0.1, 0.15) is 70.6 Å². The van der Waals surface area contributed by atoms with Gasteiger partial charge in [0.15, 0.2) is 0 Å². The van der Waals surface area contributed by atoms with Gasteiger partial charge in [0.05, 0.1) is 12.7 Å². The predicted molar refractivity (Wildman–Crippen MR) is 93.6 cm³/mol. The molecule has 0 amide bonds. The predicted octanol–water partition coefficient (Wildman–Crippen LogP) is 1.08. The maximum Gasteiger partial charge on any atom is 0.111 e. The third-order valence-corrected chi connectivity index (χ3v) is 4.93. The molecule has 1 unspecified atom stereocenters. The summed E-state index contributed by atoms with van der Waals surface area (Å²) < 4.78 is 5.50. The molecule has 1 saturated heterocycles. The van der Waals surface area contributed by atoms with Crippen molar-refractivity contribution in [2.24, 2.45) is 5.73 Å². The number of nitrogens with two attached hydrogens (primary N) is 1. The molecule has 0 aliphatic carbocycles. The minimum atomic E-state index is -1.25. The SMILES string of the molecule is NCCCCCCCCCCCCC1O[C@H](CO)[C@@H](O)[C@H](O)[C@H]1O. The van der Waals surface area contributed by atoms with Gasteiger partial charge in [-0.1, -0.05) is 57.8 Å². The van der Waals surface area contributed by atoms with Crippen molar-refractivity contribution in [3.05, 3.63) is 0 Å². The first kappa shape index (κ1) is 21.8. The van der Waals surface area contributed by atoms with Crippen LogP contribution in [0.25, 0.3) is 0 Å². The van der Waals surface area contributed by atoms with Crippen LogP contribution in [0.5, 0.6) is 0 Å². The standard InChI is InChI=1S/C18H37NO5/c19-12-10-8-6-4-2-1-3-5-7-9-11-14-16(21)18(23)17(22)15(13-20)24-14/h14-18,20-23H,1-13,19H2/t14?,15-,16+,17-,18-/m1/s1. The quantitative estimate of drug-likeness (QED) is 0.318. The van der Waals surface area contributed by atoms with Gasteiger partial charge in [-0.25, -0.2) is 0 Å². The van der Waals surface area contributed by atoms with Gasteiger partial charge in [-0.05, 0) is 19.4 Å². The second-order valence-electron chi connectivity index (χ2n) is 6.98. The van der Waals surface area contributed by atoms with E-state index in [1.165, 1.54) is 44.9 Å². The lowest BCUT2D eigenvalue weighted by Crippen LogP contribution is -2.58. The van der Waals surface area contributed by atoms with Crippen LogP contribution >= 0.6 is 0 Å². The van der Waals surface area contributed by atoms with Crippen molar-refractivity contribution >= 4 is 0 Å². The third kappa shape index (κ3) is 7.76. The summed E-state index contributed by atoms with van der Waals surface area (Å²) in [6, 6.07) is 0. The molecule has 0 radical (unpaired) electrons. The summed E-state index contributed by atoms with van der Waals surface area (Å²) >= 11 is 0. The molecule has 0 aromatic rings. The molecule has 5 atom stereocenters. The smallest absolute Gasteiger partial charge is 0.111 e. The van der Waals surface area contributed by atoms with Crippen LogP contribution in [0.4, 0.5) is 0 Å². The fourth-order valence-electron chi connectivity index (χ4n) is 3.32. The average molecular weight is 347 g/mol. The van der Waals surface area contributed by atoms with Crippen LogP contribution in [-0.2, 0) is 4.74 Å². The molecule has 6 nitrogen and oxygen atoms in total. The van der Waals surface area contributed by atoms with Crippen LogP contribution in [0.3, 0.4) is 0 Å². The molecule has 144 valence electrons. The highest BCUT2D eigenvalue weighted by atomic mass is 16.5. The van der Waals surface area contributed by atoms with E-state index in [0.717, 1.165) is 25.8 Å². The molecule has 1 fully saturated rings. The number of aliphatic hydroxyl groups is 4. The van der Waals surface area contributed by atoms with Crippen LogP contribution in [0, 0.1) is 0 Å². The Hall–Kier alpha value is -0.240. The van der Waals surface area contributed by atoms with Gasteiger partial charge in [0, 0.05) is 0 Å². The van der Waals surface area contributed by atoms with Crippen molar-refractivity contribution in [1.82, 2.24) is 0 Å². The maximum absolute atomic E-state index is 9.96. The van der Waals surface area contributed by atoms with E-state index in [1.54, 1.807) is 0 Å². The second-order valence-corrected chi connectivity index (χ2v) is 6.98. The van der Waals surface area contributed by atoms with E-state index < -0.39 is 30.5 Å². The monoisotopic (exact) mass is 347 g/mol. The lowest BCUT2D eigenvalue weighted by Gasteiger charge is -2.40. The van der Waals surface area contributed by atoms with E-state index in [4.69, 9.17) is 15.6 Å². The Morgan fingerprint density at radius 2 is 1.08 bits per heavy atom. The highest BCUT2D eigenvalue weighted by Gasteiger charge is 2.42. The van der Waals surface area contributed by atoms with E-state index in [0.29, 0.717) is 6.42 Å². The first-order valence-corrected chi connectivity index (χ1v) is 9.62. The molecule has 0 spiro atoms. The summed E-state index contributed by atoms with van der Waals surface area (Å²) in [6.07, 6.45) is 7.65. The van der Waals surface area contributed by atoms with Crippen molar-refractivity contribution in [1.29, 1.82) is 0 Å². The molecule has 0 aromatic heterocycles. The van der Waals surface area contributed by atoms with Gasteiger partial charge in [-0.3, -0.25) is 0 Å². The average Bonchev–Trinajstić information content (AvgIpc) is 2.59. The van der Waals surface area contributed by atoms with Crippen molar-refractivity contribution in [2.75, 3.05) is 13.2 Å². The Bertz CT molecular complexity index is 303. The maximum atomic E-state index is 9.96. The lowest BCUT2D eigenvalue weighted by molar-refractivity contribution is -0.230. The topological polar surface area (TPSA) is 116 Å². The highest BCUT2D eigenvalue weighted by Crippen LogP contribution is 2.24. The minimum Gasteiger partial charge on any atom is -0.394 e. The summed E-state index contributed by atoms with van der Waals surface area (Å²) in [4.78, 5) is 0. The number of rotatable bonds is 13. The molecular weight excluding hydrogens is 310 g/mol. The Labute approximate surface area is 146 Å². The molecule has 1 aliphatic rings. The van der Waals surface area contributed by atoms with Gasteiger partial charge < -0.3 is 30.9 Å². The molecule has 0 bridgehead atoms. The van der Waals surface area contributed by atoms with E-state index in [1.807, 2.05) is 0 Å². The molecule has 1 rings (SSSR count). The van der Waals surface area contributed by atoms with Gasteiger partial charge >= 0.3 is 0 Å². The molecule has 0 aromatic carbocycles. The summed E-state index contributed by atoms with van der Waals surface area (Å²) in [5.41, 5.74) is 5.47. The fourth-order valence-corrected chi connectivity index (χ4v) is 3.32. The fraction of sp³-hybridized carbons (Fsp3) is 1.00. The zero-order chi connectivity index (χ0) is 17.8. The lowest BCUT2D eigenvalue weighted by atomic mass is 9.92. The van der Waals surface area contributed by atoms with Crippen molar-refractivity contribution < 1.29 is 25.2 Å². The number of hydrogen-bond acceptors (Lipinski definition) is 6. The summed E-state index contributed by atoms with van der Waals surface area (Å²) in [5.74, 6) is 0. The summed E-state index contributed by atoms with van der Waals surface area (Å²) in [6.45, 7) is 0.446. The van der Waals surface area contributed by atoms with Crippen molar-refractivity contribution in [3.63, 3.8) is 0 Å². The van der Waals surface area contributed by atoms with Gasteiger partial charge in [-0.15, -0.1) is 0 Å². The molecular formula is C18H37NO5. The zero-order valence-electron chi connectivity index (χ0n) is 14.9. The summed E-state index contributed by atoms with van der Waals surface area (Å²) in [5, 5.41) is 38.6. The molecule has 1 aliphatic heterocycles. The highest BCUT2D eigenvalue weighted by molar-refractivity contribution is 4.91. The first-order chi connectivity index (χ1) is 11.6. The van der Waals surface area contributed by atoms with Crippen LogP contribution in [0.2, 0.25) is 0 Å². The molecule has 0 saturated carbocycles. The van der Waals surface area contributed by atoms with Crippen LogP contribution in [0.15, 0.2) is 0 Å². The van der Waals surface area contributed by atoms with E-state index >= 15 is 0 Å². The Balaban J connectivity index is 2.02. The summed E-state index contributed by atoms with van der Waals surface area (Å²) in [7, 11) is 0. The van der Waals surface area contributed by atoms with Gasteiger partial charge in [0.25, 0.3) is 0 Å². The Morgan fingerprint density at radius 1 is 0.625 bits per heavy atom. The normalized spacial score (nSPS) is 30.6. The van der Waals surface area contributed by atoms with Gasteiger partial charge in [0.2, 0.25) is 0 Å². The number of unbranched alkanes of at least 4 members (excludes halogenated alkanes) is 9. The minimum absolute atomic E-state index is 0.354. The van der Waals surface area contributed by atoms with Gasteiger partial charge in [0.1, 0.15) is 24.4 Å². The molecule has 1 heterocycles. The first-order valence-electron chi connectivity index (χ1n) is 9.62. The molecule has 6 heteroatoms. The largest absolute Gasteiger partial charge is 0.394 e. The third-order valence-electron chi connectivity index (χ3n) is 4.93. The van der Waals surface area contributed by atoms with Crippen molar-refractivity contribution in [2.45, 2.75) is 101 Å². The zero-order valence-corrected chi connectivity index (χ0v) is 14.9. The second kappa shape index (κ2) is 13.0. The number of aliphatic hydroxyl groups excluding tert-OH is 4. The van der Waals surface area contributed by atoms with Gasteiger partial charge in [-0.2, -0.15) is 0 Å². The number of ether oxygens (including phenoxy) is 1. The Morgan fingerprint density at radius 3 is 1.58 bits per heavy atom. The molecule has 6 N–H and O–H groups in total. The number of hydrogen-bond donors (Lipinski definition) is 5.